The number of ketones is 1. The molecule has 0 unspecified atom stereocenters. The number of halogens is 1. The molecule has 5 rings (SSSR count). The second-order valence-corrected chi connectivity index (χ2v) is 8.00. The molecule has 4 aromatic rings. The molecule has 0 aliphatic carbocycles. The molecule has 0 bridgehead atoms. The van der Waals surface area contributed by atoms with Crippen LogP contribution in [0.2, 0.25) is 5.02 Å². The maximum absolute atomic E-state index is 12.3. The molecule has 1 aliphatic heterocycles. The molecule has 7 heteroatoms. The van der Waals surface area contributed by atoms with Gasteiger partial charge in [0, 0.05) is 40.9 Å². The van der Waals surface area contributed by atoms with Gasteiger partial charge in [-0.15, -0.1) is 0 Å². The molecule has 6 nitrogen and oxygen atoms in total. The number of aryl methyl sites for hydroxylation is 1. The number of rotatable bonds is 3. The lowest BCUT2D eigenvalue weighted by Crippen LogP contribution is -2.24. The standard InChI is InChI=1S/C25H18ClN5O/c1-28-24-17-6-4-3-5-15(17)21(26)10-19(24)25-20(12-30-31(25)2)14-7-8-16-18(9-14)22(11-27)29-13-23(16)32/h3-10,12H,11,13,27H2,2H3. The van der Waals surface area contributed by atoms with Crippen LogP contribution in [0.5, 0.6) is 0 Å². The molecule has 32 heavy (non-hydrogen) atoms. The van der Waals surface area contributed by atoms with Gasteiger partial charge in [-0.25, -0.2) is 4.85 Å². The van der Waals surface area contributed by atoms with Crippen molar-refractivity contribution in [2.24, 2.45) is 17.8 Å². The third-order valence-electron chi connectivity index (χ3n) is 5.82. The summed E-state index contributed by atoms with van der Waals surface area (Å²) in [6.45, 7) is 8.25. The van der Waals surface area contributed by atoms with Gasteiger partial charge < -0.3 is 5.73 Å². The summed E-state index contributed by atoms with van der Waals surface area (Å²) >= 11 is 6.61. The van der Waals surface area contributed by atoms with E-state index >= 15 is 0 Å². The van der Waals surface area contributed by atoms with E-state index < -0.39 is 0 Å². The third-order valence-corrected chi connectivity index (χ3v) is 6.13. The van der Waals surface area contributed by atoms with Crippen molar-refractivity contribution < 1.29 is 4.79 Å². The minimum Gasteiger partial charge on any atom is -0.325 e. The Morgan fingerprint density at radius 2 is 1.88 bits per heavy atom. The second kappa shape index (κ2) is 7.72. The molecule has 0 atom stereocenters. The first-order valence-corrected chi connectivity index (χ1v) is 10.4. The van der Waals surface area contributed by atoms with Crippen LogP contribution >= 0.6 is 11.6 Å². The summed E-state index contributed by atoms with van der Waals surface area (Å²) in [5, 5.41) is 6.68. The molecule has 0 saturated heterocycles. The fraction of sp³-hybridized carbons (Fsp3) is 0.120. The van der Waals surface area contributed by atoms with Crippen LogP contribution in [0.1, 0.15) is 15.9 Å². The monoisotopic (exact) mass is 439 g/mol. The fourth-order valence-electron chi connectivity index (χ4n) is 4.29. The van der Waals surface area contributed by atoms with Crippen molar-refractivity contribution in [3.8, 4) is 22.4 Å². The van der Waals surface area contributed by atoms with Crippen LogP contribution in [0, 0.1) is 6.57 Å². The predicted octanol–water partition coefficient (Wildman–Crippen LogP) is 5.06. The highest BCUT2D eigenvalue weighted by Gasteiger charge is 2.23. The number of aromatic nitrogens is 2. The lowest BCUT2D eigenvalue weighted by atomic mass is 9.91. The van der Waals surface area contributed by atoms with Gasteiger partial charge in [-0.1, -0.05) is 48.0 Å². The van der Waals surface area contributed by atoms with E-state index in [2.05, 4.69) is 14.9 Å². The van der Waals surface area contributed by atoms with Crippen molar-refractivity contribution in [1.29, 1.82) is 0 Å². The van der Waals surface area contributed by atoms with Gasteiger partial charge >= 0.3 is 0 Å². The van der Waals surface area contributed by atoms with Gasteiger partial charge in [0.2, 0.25) is 5.69 Å². The molecular formula is C25H18ClN5O. The minimum atomic E-state index is -0.0215. The van der Waals surface area contributed by atoms with E-state index in [9.17, 15) is 4.79 Å². The summed E-state index contributed by atoms with van der Waals surface area (Å²) in [7, 11) is 1.84. The van der Waals surface area contributed by atoms with Crippen molar-refractivity contribution in [2.75, 3.05) is 13.1 Å². The molecule has 0 amide bonds. The largest absolute Gasteiger partial charge is 0.325 e. The molecule has 1 aromatic heterocycles. The summed E-state index contributed by atoms with van der Waals surface area (Å²) in [5.41, 5.74) is 11.7. The molecule has 3 aromatic carbocycles. The van der Waals surface area contributed by atoms with E-state index in [-0.39, 0.29) is 18.9 Å². The van der Waals surface area contributed by atoms with Crippen molar-refractivity contribution in [3.63, 3.8) is 0 Å². The maximum atomic E-state index is 12.3. The highest BCUT2D eigenvalue weighted by Crippen LogP contribution is 2.44. The molecule has 0 spiro atoms. The quantitative estimate of drug-likeness (QED) is 0.453. The smallest absolute Gasteiger partial charge is 0.204 e. The number of hydrogen-bond donors (Lipinski definition) is 1. The lowest BCUT2D eigenvalue weighted by molar-refractivity contribution is 0.1000. The van der Waals surface area contributed by atoms with Gasteiger partial charge in [-0.05, 0) is 28.5 Å². The van der Waals surface area contributed by atoms with Crippen molar-refractivity contribution in [3.05, 3.63) is 82.3 Å². The molecule has 2 N–H and O–H groups in total. The lowest BCUT2D eigenvalue weighted by Gasteiger charge is -2.17. The Morgan fingerprint density at radius 3 is 2.62 bits per heavy atom. The van der Waals surface area contributed by atoms with Gasteiger partial charge in [-0.2, -0.15) is 5.10 Å². The number of nitrogens with zero attached hydrogens (tertiary/aromatic N) is 4. The van der Waals surface area contributed by atoms with E-state index in [1.165, 1.54) is 0 Å². The predicted molar refractivity (Wildman–Crippen MR) is 128 cm³/mol. The fourth-order valence-corrected chi connectivity index (χ4v) is 4.56. The van der Waals surface area contributed by atoms with E-state index in [1.54, 1.807) is 10.9 Å². The summed E-state index contributed by atoms with van der Waals surface area (Å²) in [5.74, 6) is -0.0215. The van der Waals surface area contributed by atoms with Crippen LogP contribution in [-0.2, 0) is 7.05 Å². The first-order valence-electron chi connectivity index (χ1n) is 10.1. The third kappa shape index (κ3) is 3.02. The van der Waals surface area contributed by atoms with Gasteiger partial charge in [-0.3, -0.25) is 14.5 Å². The Hall–Kier alpha value is -3.79. The number of benzene rings is 3. The van der Waals surface area contributed by atoms with Crippen LogP contribution in [0.15, 0.2) is 59.7 Å². The SMILES string of the molecule is [C-]#[N+]c1c(-c2c(-c3ccc4c(c3)C(CN)=NCC4=O)cnn2C)cc(Cl)c2ccccc12. The number of aliphatic imine (C=N–C) groups is 1. The summed E-state index contributed by atoms with van der Waals surface area (Å²) in [4.78, 5) is 20.5. The van der Waals surface area contributed by atoms with Gasteiger partial charge in [0.05, 0.1) is 24.2 Å². The number of nitrogens with two attached hydrogens (primary N) is 1. The molecule has 1 aliphatic rings. The molecule has 156 valence electrons. The highest BCUT2D eigenvalue weighted by atomic mass is 35.5. The van der Waals surface area contributed by atoms with Crippen molar-refractivity contribution in [1.82, 2.24) is 9.78 Å². The number of Topliss-reactive ketones (excluding diaryl/α,β-unsaturated/α-hetero) is 1. The molecular weight excluding hydrogens is 422 g/mol. The van der Waals surface area contributed by atoms with Gasteiger partial charge in [0.1, 0.15) is 6.54 Å². The molecule has 0 saturated carbocycles. The van der Waals surface area contributed by atoms with Gasteiger partial charge in [0.25, 0.3) is 0 Å². The minimum absolute atomic E-state index is 0.0215. The Kier molecular flexibility index (Phi) is 4.86. The average molecular weight is 440 g/mol. The van der Waals surface area contributed by atoms with E-state index in [0.29, 0.717) is 27.5 Å². The van der Waals surface area contributed by atoms with Crippen molar-refractivity contribution in [2.45, 2.75) is 0 Å². The topological polar surface area (TPSA) is 77.6 Å². The van der Waals surface area contributed by atoms with Crippen LogP contribution in [0.4, 0.5) is 5.69 Å². The van der Waals surface area contributed by atoms with Crippen LogP contribution in [0.25, 0.3) is 38.0 Å². The highest BCUT2D eigenvalue weighted by molar-refractivity contribution is 6.37. The van der Waals surface area contributed by atoms with Crippen molar-refractivity contribution >= 4 is 39.6 Å². The number of carbonyl (C=O) groups is 1. The van der Waals surface area contributed by atoms with E-state index in [4.69, 9.17) is 23.9 Å². The Balaban J connectivity index is 1.76. The zero-order chi connectivity index (χ0) is 22.4. The van der Waals surface area contributed by atoms with Gasteiger partial charge in [0.15, 0.2) is 5.78 Å². The summed E-state index contributed by atoms with van der Waals surface area (Å²) in [6.07, 6.45) is 1.76. The molecule has 0 radical (unpaired) electrons. The first-order chi connectivity index (χ1) is 15.5. The zero-order valence-corrected chi connectivity index (χ0v) is 18.0. The first kappa shape index (κ1) is 20.1. The van der Waals surface area contributed by atoms with E-state index in [0.717, 1.165) is 33.2 Å². The Bertz CT molecular complexity index is 1490. The Morgan fingerprint density at radius 1 is 1.09 bits per heavy atom. The van der Waals surface area contributed by atoms with Crippen LogP contribution < -0.4 is 5.73 Å². The number of fused-ring (bicyclic) bond motifs is 2. The Labute approximate surface area is 189 Å². The average Bonchev–Trinajstić information content (AvgIpc) is 3.20. The molecule has 0 fully saturated rings. The summed E-state index contributed by atoms with van der Waals surface area (Å²) in [6, 6.07) is 15.1. The molecule has 2 heterocycles. The summed E-state index contributed by atoms with van der Waals surface area (Å²) < 4.78 is 1.74. The zero-order valence-electron chi connectivity index (χ0n) is 17.3. The number of hydrogen-bond acceptors (Lipinski definition) is 4. The second-order valence-electron chi connectivity index (χ2n) is 7.59. The van der Waals surface area contributed by atoms with E-state index in [1.807, 2.05) is 55.6 Å². The number of carbonyl (C=O) groups excluding carboxylic acids is 1. The van der Waals surface area contributed by atoms with Crippen LogP contribution in [0.3, 0.4) is 0 Å². The maximum Gasteiger partial charge on any atom is 0.204 e. The normalized spacial score (nSPS) is 13.1. The van der Waals surface area contributed by atoms with Crippen LogP contribution in [-0.4, -0.2) is 34.4 Å².